The van der Waals surface area contributed by atoms with Crippen LogP contribution in [0.3, 0.4) is 0 Å². The quantitative estimate of drug-likeness (QED) is 0.573. The van der Waals surface area contributed by atoms with Crippen LogP contribution in [0.15, 0.2) is 17.6 Å². The van der Waals surface area contributed by atoms with Gasteiger partial charge in [-0.15, -0.1) is 0 Å². The molecule has 66 valence electrons. The van der Waals surface area contributed by atoms with Gasteiger partial charge in [-0.2, -0.15) is 0 Å². The minimum atomic E-state index is -0.481. The zero-order chi connectivity index (χ0) is 8.97. The molecule has 0 saturated heterocycles. The topological polar surface area (TPSA) is 46.0 Å². The summed E-state index contributed by atoms with van der Waals surface area (Å²) < 4.78 is 0. The molecule has 12 heavy (non-hydrogen) atoms. The van der Waals surface area contributed by atoms with Crippen molar-refractivity contribution in [3.8, 4) is 0 Å². The Morgan fingerprint density at radius 1 is 1.50 bits per heavy atom. The monoisotopic (exact) mass is 184 g/mol. The van der Waals surface area contributed by atoms with E-state index in [1.54, 1.807) is 31.1 Å². The highest BCUT2D eigenvalue weighted by atomic mass is 32.2. The van der Waals surface area contributed by atoms with Crippen molar-refractivity contribution in [3.63, 3.8) is 0 Å². The van der Waals surface area contributed by atoms with Crippen LogP contribution in [0.25, 0.3) is 0 Å². The van der Waals surface area contributed by atoms with Gasteiger partial charge in [0.05, 0.1) is 6.10 Å². The second-order valence-electron chi connectivity index (χ2n) is 2.41. The van der Waals surface area contributed by atoms with Crippen molar-refractivity contribution >= 4 is 11.8 Å². The first kappa shape index (κ1) is 9.48. The summed E-state index contributed by atoms with van der Waals surface area (Å²) in [5, 5.41) is 9.92. The molecule has 0 bridgehead atoms. The summed E-state index contributed by atoms with van der Waals surface area (Å²) >= 11 is 1.59. The van der Waals surface area contributed by atoms with Crippen molar-refractivity contribution in [2.24, 2.45) is 0 Å². The third kappa shape index (κ3) is 2.46. The summed E-state index contributed by atoms with van der Waals surface area (Å²) in [6, 6.07) is 0. The number of aliphatic hydroxyl groups is 1. The second-order valence-corrected chi connectivity index (χ2v) is 3.64. The molecule has 0 aliphatic heterocycles. The number of rotatable bonds is 3. The molecule has 0 aliphatic carbocycles. The Bertz CT molecular complexity index is 235. The fourth-order valence-corrected chi connectivity index (χ4v) is 1.26. The van der Waals surface area contributed by atoms with Gasteiger partial charge in [0, 0.05) is 18.0 Å². The van der Waals surface area contributed by atoms with Gasteiger partial charge < -0.3 is 5.11 Å². The molecule has 1 unspecified atom stereocenters. The molecular weight excluding hydrogens is 172 g/mol. The zero-order valence-electron chi connectivity index (χ0n) is 7.19. The van der Waals surface area contributed by atoms with E-state index in [4.69, 9.17) is 5.11 Å². The molecule has 4 heteroatoms. The Labute approximate surface area is 76.2 Å². The maximum atomic E-state index is 9.16. The lowest BCUT2D eigenvalue weighted by Crippen LogP contribution is -1.95. The highest BCUT2D eigenvalue weighted by Gasteiger charge is 2.01. The van der Waals surface area contributed by atoms with Crippen molar-refractivity contribution in [3.05, 3.63) is 18.0 Å². The van der Waals surface area contributed by atoms with Crippen LogP contribution < -0.4 is 0 Å². The number of hydrogen-bond acceptors (Lipinski definition) is 4. The van der Waals surface area contributed by atoms with Crippen LogP contribution in [-0.2, 0) is 0 Å². The predicted molar refractivity (Wildman–Crippen MR) is 49.1 cm³/mol. The van der Waals surface area contributed by atoms with Gasteiger partial charge in [-0.25, -0.2) is 9.97 Å². The minimum absolute atomic E-state index is 0.481. The Balaban J connectivity index is 2.71. The Kier molecular flexibility index (Phi) is 3.49. The first-order chi connectivity index (χ1) is 5.74. The normalized spacial score (nSPS) is 12.9. The number of thioether (sulfide) groups is 1. The van der Waals surface area contributed by atoms with E-state index in [-0.39, 0.29) is 0 Å². The van der Waals surface area contributed by atoms with Crippen LogP contribution in [0.5, 0.6) is 0 Å². The maximum absolute atomic E-state index is 9.16. The molecule has 0 aliphatic rings. The van der Waals surface area contributed by atoms with Gasteiger partial charge in [-0.3, -0.25) is 0 Å². The average Bonchev–Trinajstić information content (AvgIpc) is 2.06. The van der Waals surface area contributed by atoms with E-state index in [9.17, 15) is 0 Å². The Morgan fingerprint density at radius 3 is 2.50 bits per heavy atom. The molecule has 0 fully saturated rings. The largest absolute Gasteiger partial charge is 0.389 e. The summed E-state index contributed by atoms with van der Waals surface area (Å²) in [4.78, 5) is 8.16. The van der Waals surface area contributed by atoms with E-state index in [2.05, 4.69) is 16.9 Å². The van der Waals surface area contributed by atoms with E-state index >= 15 is 0 Å². The van der Waals surface area contributed by atoms with Gasteiger partial charge in [0.15, 0.2) is 5.16 Å². The lowest BCUT2D eigenvalue weighted by molar-refractivity contribution is 0.198. The second kappa shape index (κ2) is 4.42. The maximum Gasteiger partial charge on any atom is 0.187 e. The van der Waals surface area contributed by atoms with Crippen molar-refractivity contribution in [2.75, 3.05) is 5.75 Å². The molecule has 1 heterocycles. The standard InChI is InChI=1S/C8H12N2OS/c1-3-12-8-9-4-7(5-10-8)6(2)11/h4-6,11H,3H2,1-2H3. The molecule has 0 saturated carbocycles. The SMILES string of the molecule is CCSc1ncc(C(C)O)cn1. The van der Waals surface area contributed by atoms with Gasteiger partial charge in [0.25, 0.3) is 0 Å². The third-order valence-corrected chi connectivity index (χ3v) is 2.16. The molecule has 0 radical (unpaired) electrons. The van der Waals surface area contributed by atoms with Crippen LogP contribution in [-0.4, -0.2) is 20.8 Å². The van der Waals surface area contributed by atoms with Crippen LogP contribution in [0.2, 0.25) is 0 Å². The molecule has 0 aromatic carbocycles. The molecule has 0 amide bonds. The Morgan fingerprint density at radius 2 is 2.08 bits per heavy atom. The molecule has 1 atom stereocenters. The minimum Gasteiger partial charge on any atom is -0.389 e. The van der Waals surface area contributed by atoms with Crippen LogP contribution in [0.4, 0.5) is 0 Å². The van der Waals surface area contributed by atoms with E-state index < -0.39 is 6.10 Å². The molecule has 1 aromatic rings. The average molecular weight is 184 g/mol. The van der Waals surface area contributed by atoms with E-state index in [0.717, 1.165) is 16.5 Å². The van der Waals surface area contributed by atoms with Gasteiger partial charge in [-0.1, -0.05) is 18.7 Å². The lowest BCUT2D eigenvalue weighted by atomic mass is 10.2. The van der Waals surface area contributed by atoms with E-state index in [0.29, 0.717) is 0 Å². The molecule has 1 N–H and O–H groups in total. The number of aliphatic hydroxyl groups excluding tert-OH is 1. The Hall–Kier alpha value is -0.610. The molecular formula is C8H12N2OS. The molecule has 3 nitrogen and oxygen atoms in total. The molecule has 0 spiro atoms. The van der Waals surface area contributed by atoms with Crippen LogP contribution >= 0.6 is 11.8 Å². The predicted octanol–water partition coefficient (Wildman–Crippen LogP) is 1.64. The van der Waals surface area contributed by atoms with Crippen molar-refractivity contribution < 1.29 is 5.11 Å². The number of hydrogen-bond donors (Lipinski definition) is 1. The highest BCUT2D eigenvalue weighted by Crippen LogP contribution is 2.14. The van der Waals surface area contributed by atoms with Gasteiger partial charge >= 0.3 is 0 Å². The molecule has 1 rings (SSSR count). The first-order valence-electron chi connectivity index (χ1n) is 3.87. The smallest absolute Gasteiger partial charge is 0.187 e. The number of nitrogens with zero attached hydrogens (tertiary/aromatic N) is 2. The first-order valence-corrected chi connectivity index (χ1v) is 4.85. The van der Waals surface area contributed by atoms with Gasteiger partial charge in [-0.05, 0) is 12.7 Å². The van der Waals surface area contributed by atoms with Crippen LogP contribution in [0, 0.1) is 0 Å². The third-order valence-electron chi connectivity index (χ3n) is 1.40. The van der Waals surface area contributed by atoms with E-state index in [1.807, 2.05) is 0 Å². The van der Waals surface area contributed by atoms with Crippen molar-refractivity contribution in [2.45, 2.75) is 25.1 Å². The summed E-state index contributed by atoms with van der Waals surface area (Å²) in [6.45, 7) is 3.75. The number of aromatic nitrogens is 2. The lowest BCUT2D eigenvalue weighted by Gasteiger charge is -2.02. The summed E-state index contributed by atoms with van der Waals surface area (Å²) in [7, 11) is 0. The van der Waals surface area contributed by atoms with Gasteiger partial charge in [0.1, 0.15) is 0 Å². The molecule has 1 aromatic heterocycles. The van der Waals surface area contributed by atoms with Crippen molar-refractivity contribution in [1.82, 2.24) is 9.97 Å². The highest BCUT2D eigenvalue weighted by molar-refractivity contribution is 7.99. The van der Waals surface area contributed by atoms with Gasteiger partial charge in [0.2, 0.25) is 0 Å². The summed E-state index contributed by atoms with van der Waals surface area (Å²) in [5.41, 5.74) is 0.760. The zero-order valence-corrected chi connectivity index (χ0v) is 8.01. The van der Waals surface area contributed by atoms with E-state index in [1.165, 1.54) is 0 Å². The summed E-state index contributed by atoms with van der Waals surface area (Å²) in [5.74, 6) is 0.966. The van der Waals surface area contributed by atoms with Crippen molar-refractivity contribution in [1.29, 1.82) is 0 Å². The van der Waals surface area contributed by atoms with Crippen LogP contribution in [0.1, 0.15) is 25.5 Å². The summed E-state index contributed by atoms with van der Waals surface area (Å²) in [6.07, 6.45) is 2.84. The fourth-order valence-electron chi connectivity index (χ4n) is 0.746. The fraction of sp³-hybridized carbons (Fsp3) is 0.500.